The molecule has 1 aromatic carbocycles. The molecule has 1 heteroatoms. The van der Waals surface area contributed by atoms with Gasteiger partial charge in [0.05, 0.1) is 0 Å². The van der Waals surface area contributed by atoms with Crippen LogP contribution >= 0.6 is 0 Å². The molecule has 0 saturated heterocycles. The van der Waals surface area contributed by atoms with Crippen LogP contribution in [0.15, 0.2) is 54.1 Å². The van der Waals surface area contributed by atoms with Crippen molar-refractivity contribution >= 4 is 5.78 Å². The highest BCUT2D eigenvalue weighted by Crippen LogP contribution is 2.42. The van der Waals surface area contributed by atoms with Gasteiger partial charge >= 0.3 is 0 Å². The lowest BCUT2D eigenvalue weighted by molar-refractivity contribution is -0.115. The van der Waals surface area contributed by atoms with Gasteiger partial charge in [0.2, 0.25) is 0 Å². The SMILES string of the molecule is O=C1C2=CC=CCC2CC1c1ccccc1. The first-order valence-electron chi connectivity index (χ1n) is 5.82. The van der Waals surface area contributed by atoms with Crippen molar-refractivity contribution in [1.82, 2.24) is 0 Å². The molecule has 2 unspecified atom stereocenters. The Labute approximate surface area is 95.5 Å². The van der Waals surface area contributed by atoms with Gasteiger partial charge in [-0.3, -0.25) is 4.79 Å². The Bertz CT molecular complexity index is 467. The second kappa shape index (κ2) is 3.75. The van der Waals surface area contributed by atoms with Crippen molar-refractivity contribution in [1.29, 1.82) is 0 Å². The van der Waals surface area contributed by atoms with Crippen molar-refractivity contribution in [2.45, 2.75) is 18.8 Å². The van der Waals surface area contributed by atoms with Crippen LogP contribution in [0, 0.1) is 5.92 Å². The topological polar surface area (TPSA) is 17.1 Å². The highest BCUT2D eigenvalue weighted by molar-refractivity contribution is 6.03. The van der Waals surface area contributed by atoms with E-state index in [0.29, 0.717) is 11.7 Å². The standard InChI is InChI=1S/C15H14O/c16-15-13-9-5-4-8-12(13)10-14(15)11-6-2-1-3-7-11/h1-7,9,12,14H,8,10H2. The fourth-order valence-corrected chi connectivity index (χ4v) is 2.75. The molecule has 1 fully saturated rings. The van der Waals surface area contributed by atoms with Crippen molar-refractivity contribution in [2.75, 3.05) is 0 Å². The number of carbonyl (C=O) groups is 1. The molecule has 0 aromatic heterocycles. The van der Waals surface area contributed by atoms with Crippen molar-refractivity contribution in [3.05, 3.63) is 59.7 Å². The van der Waals surface area contributed by atoms with Crippen LogP contribution in [0.4, 0.5) is 0 Å². The van der Waals surface area contributed by atoms with Gasteiger partial charge in [-0.25, -0.2) is 0 Å². The van der Waals surface area contributed by atoms with Gasteiger partial charge in [-0.05, 0) is 29.9 Å². The number of benzene rings is 1. The van der Waals surface area contributed by atoms with Gasteiger partial charge in [0.15, 0.2) is 5.78 Å². The summed E-state index contributed by atoms with van der Waals surface area (Å²) in [5.74, 6) is 0.889. The lowest BCUT2D eigenvalue weighted by Crippen LogP contribution is -2.06. The minimum atomic E-state index is 0.0948. The molecular formula is C15H14O. The van der Waals surface area contributed by atoms with E-state index in [2.05, 4.69) is 18.2 Å². The van der Waals surface area contributed by atoms with Crippen LogP contribution in [-0.2, 0) is 4.79 Å². The summed E-state index contributed by atoms with van der Waals surface area (Å²) in [6.45, 7) is 0. The molecule has 3 rings (SSSR count). The minimum Gasteiger partial charge on any atom is -0.294 e. The Morgan fingerprint density at radius 3 is 2.69 bits per heavy atom. The maximum Gasteiger partial charge on any atom is 0.166 e. The number of hydrogen-bond donors (Lipinski definition) is 0. The molecule has 0 N–H and O–H groups in total. The number of allylic oxidation sites excluding steroid dienone is 4. The summed E-state index contributed by atoms with van der Waals surface area (Å²) in [5, 5.41) is 0. The first-order valence-corrected chi connectivity index (χ1v) is 5.82. The molecule has 2 atom stereocenters. The molecule has 0 bridgehead atoms. The van der Waals surface area contributed by atoms with Crippen LogP contribution in [0.1, 0.15) is 24.3 Å². The zero-order valence-corrected chi connectivity index (χ0v) is 9.10. The average Bonchev–Trinajstić information content (AvgIpc) is 2.69. The summed E-state index contributed by atoms with van der Waals surface area (Å²) in [6.07, 6.45) is 8.19. The molecular weight excluding hydrogens is 196 g/mol. The summed E-state index contributed by atoms with van der Waals surface area (Å²) in [5.41, 5.74) is 2.21. The van der Waals surface area contributed by atoms with E-state index < -0.39 is 0 Å². The Morgan fingerprint density at radius 1 is 1.12 bits per heavy atom. The van der Waals surface area contributed by atoms with E-state index in [4.69, 9.17) is 0 Å². The monoisotopic (exact) mass is 210 g/mol. The summed E-state index contributed by atoms with van der Waals surface area (Å²) in [7, 11) is 0. The van der Waals surface area contributed by atoms with E-state index in [1.54, 1.807) is 0 Å². The molecule has 1 saturated carbocycles. The quantitative estimate of drug-likeness (QED) is 0.695. The van der Waals surface area contributed by atoms with Gasteiger partial charge in [-0.2, -0.15) is 0 Å². The van der Waals surface area contributed by atoms with Crippen LogP contribution < -0.4 is 0 Å². The summed E-state index contributed by atoms with van der Waals surface area (Å²) >= 11 is 0. The Balaban J connectivity index is 1.94. The predicted molar refractivity (Wildman–Crippen MR) is 64.1 cm³/mol. The zero-order chi connectivity index (χ0) is 11.0. The van der Waals surface area contributed by atoms with Crippen molar-refractivity contribution < 1.29 is 4.79 Å². The van der Waals surface area contributed by atoms with Gasteiger partial charge in [-0.15, -0.1) is 0 Å². The maximum atomic E-state index is 12.2. The highest BCUT2D eigenvalue weighted by atomic mass is 16.1. The summed E-state index contributed by atoms with van der Waals surface area (Å²) in [6, 6.07) is 10.1. The van der Waals surface area contributed by atoms with E-state index in [0.717, 1.165) is 18.4 Å². The van der Waals surface area contributed by atoms with Crippen molar-refractivity contribution in [3.63, 3.8) is 0 Å². The lowest BCUT2D eigenvalue weighted by Gasteiger charge is -2.10. The summed E-state index contributed by atoms with van der Waals surface area (Å²) < 4.78 is 0. The number of carbonyl (C=O) groups excluding carboxylic acids is 1. The second-order valence-electron chi connectivity index (χ2n) is 4.55. The largest absolute Gasteiger partial charge is 0.294 e. The fraction of sp³-hybridized carbons (Fsp3) is 0.267. The number of rotatable bonds is 1. The van der Waals surface area contributed by atoms with Crippen LogP contribution in [-0.4, -0.2) is 5.78 Å². The molecule has 80 valence electrons. The van der Waals surface area contributed by atoms with E-state index in [1.807, 2.05) is 30.4 Å². The normalized spacial score (nSPS) is 27.8. The molecule has 2 aliphatic rings. The van der Waals surface area contributed by atoms with Crippen molar-refractivity contribution in [2.24, 2.45) is 5.92 Å². The van der Waals surface area contributed by atoms with E-state index >= 15 is 0 Å². The van der Waals surface area contributed by atoms with Crippen LogP contribution in [0.25, 0.3) is 0 Å². The third-order valence-corrected chi connectivity index (χ3v) is 3.60. The molecule has 1 nitrogen and oxygen atoms in total. The Morgan fingerprint density at radius 2 is 1.94 bits per heavy atom. The third-order valence-electron chi connectivity index (χ3n) is 3.60. The van der Waals surface area contributed by atoms with Crippen molar-refractivity contribution in [3.8, 4) is 0 Å². The van der Waals surface area contributed by atoms with Gasteiger partial charge in [0.1, 0.15) is 0 Å². The minimum absolute atomic E-state index is 0.0948. The smallest absolute Gasteiger partial charge is 0.166 e. The Kier molecular flexibility index (Phi) is 2.24. The highest BCUT2D eigenvalue weighted by Gasteiger charge is 2.37. The Hall–Kier alpha value is -1.63. The summed E-state index contributed by atoms with van der Waals surface area (Å²) in [4.78, 5) is 12.2. The first-order chi connectivity index (χ1) is 7.86. The van der Waals surface area contributed by atoms with E-state index in [-0.39, 0.29) is 5.92 Å². The molecule has 1 aromatic rings. The first kappa shape index (κ1) is 9.59. The zero-order valence-electron chi connectivity index (χ0n) is 9.10. The fourth-order valence-electron chi connectivity index (χ4n) is 2.75. The molecule has 0 aliphatic heterocycles. The lowest BCUT2D eigenvalue weighted by atomic mass is 9.94. The second-order valence-corrected chi connectivity index (χ2v) is 4.55. The van der Waals surface area contributed by atoms with Crippen LogP contribution in [0.5, 0.6) is 0 Å². The molecule has 2 aliphatic carbocycles. The molecule has 0 amide bonds. The molecule has 16 heavy (non-hydrogen) atoms. The molecule has 0 heterocycles. The van der Waals surface area contributed by atoms with Gasteiger partial charge < -0.3 is 0 Å². The molecule has 0 radical (unpaired) electrons. The third kappa shape index (κ3) is 1.44. The molecule has 0 spiro atoms. The van der Waals surface area contributed by atoms with E-state index in [1.165, 1.54) is 5.56 Å². The average molecular weight is 210 g/mol. The predicted octanol–water partition coefficient (Wildman–Crippen LogP) is 3.25. The van der Waals surface area contributed by atoms with Crippen LogP contribution in [0.3, 0.4) is 0 Å². The van der Waals surface area contributed by atoms with Gasteiger partial charge in [0.25, 0.3) is 0 Å². The van der Waals surface area contributed by atoms with E-state index in [9.17, 15) is 4.79 Å². The van der Waals surface area contributed by atoms with Crippen LogP contribution in [0.2, 0.25) is 0 Å². The number of fused-ring (bicyclic) bond motifs is 1. The van der Waals surface area contributed by atoms with Gasteiger partial charge in [0, 0.05) is 5.92 Å². The number of ketones is 1. The number of hydrogen-bond acceptors (Lipinski definition) is 1. The number of Topliss-reactive ketones (excluding diaryl/α,β-unsaturated/α-hetero) is 1. The maximum absolute atomic E-state index is 12.2. The van der Waals surface area contributed by atoms with Gasteiger partial charge in [-0.1, -0.05) is 48.6 Å².